The molecule has 0 radical (unpaired) electrons. The molecule has 2 aromatic carbocycles. The summed E-state index contributed by atoms with van der Waals surface area (Å²) in [6, 6.07) is 13.9. The number of rotatable bonds is 3. The molecule has 3 aromatic rings. The predicted octanol–water partition coefficient (Wildman–Crippen LogP) is 4.49. The first-order valence-electron chi connectivity index (χ1n) is 7.29. The van der Waals surface area contributed by atoms with Crippen molar-refractivity contribution in [2.45, 2.75) is 19.8 Å². The molecule has 1 aromatic heterocycles. The Kier molecular flexibility index (Phi) is 3.70. The summed E-state index contributed by atoms with van der Waals surface area (Å²) in [6.45, 7) is 3.99. The van der Waals surface area contributed by atoms with E-state index in [1.165, 1.54) is 0 Å². The SMILES string of the molecule is CC(C)c1ccc2oc(-c3ccccc3)c([N+](=O)[O-])c(=O)c2c1. The quantitative estimate of drug-likeness (QED) is 0.527. The zero-order valence-electron chi connectivity index (χ0n) is 12.8. The maximum Gasteiger partial charge on any atom is 0.359 e. The van der Waals surface area contributed by atoms with Crippen LogP contribution in [-0.2, 0) is 0 Å². The molecule has 116 valence electrons. The number of benzene rings is 2. The summed E-state index contributed by atoms with van der Waals surface area (Å²) in [5, 5.41) is 11.7. The van der Waals surface area contributed by atoms with Crippen molar-refractivity contribution in [2.75, 3.05) is 0 Å². The van der Waals surface area contributed by atoms with Crippen LogP contribution in [0.2, 0.25) is 0 Å². The van der Waals surface area contributed by atoms with Gasteiger partial charge >= 0.3 is 5.69 Å². The molecule has 0 aliphatic carbocycles. The van der Waals surface area contributed by atoms with Gasteiger partial charge in [0.1, 0.15) is 5.58 Å². The summed E-state index contributed by atoms with van der Waals surface area (Å²) >= 11 is 0. The van der Waals surface area contributed by atoms with Crippen LogP contribution < -0.4 is 5.43 Å². The van der Waals surface area contributed by atoms with E-state index < -0.39 is 16.0 Å². The zero-order chi connectivity index (χ0) is 16.6. The molecule has 3 rings (SSSR count). The van der Waals surface area contributed by atoms with Crippen molar-refractivity contribution in [3.8, 4) is 11.3 Å². The monoisotopic (exact) mass is 309 g/mol. The third kappa shape index (κ3) is 2.61. The standard InChI is InChI=1S/C18H15NO4/c1-11(2)13-8-9-15-14(10-13)17(20)16(19(21)22)18(23-15)12-6-4-3-5-7-12/h3-11H,1-2H3. The van der Waals surface area contributed by atoms with E-state index in [0.29, 0.717) is 11.1 Å². The van der Waals surface area contributed by atoms with Gasteiger partial charge in [0, 0.05) is 5.56 Å². The van der Waals surface area contributed by atoms with Crippen molar-refractivity contribution in [1.29, 1.82) is 0 Å². The fourth-order valence-electron chi connectivity index (χ4n) is 2.51. The van der Waals surface area contributed by atoms with Crippen molar-refractivity contribution < 1.29 is 9.34 Å². The highest BCUT2D eigenvalue weighted by Crippen LogP contribution is 2.31. The van der Waals surface area contributed by atoms with Crippen molar-refractivity contribution >= 4 is 16.7 Å². The Balaban J connectivity index is 2.38. The molecular weight excluding hydrogens is 294 g/mol. The second kappa shape index (κ2) is 5.68. The van der Waals surface area contributed by atoms with Gasteiger partial charge in [-0.3, -0.25) is 14.9 Å². The van der Waals surface area contributed by atoms with Gasteiger partial charge in [-0.25, -0.2) is 0 Å². The lowest BCUT2D eigenvalue weighted by Gasteiger charge is -2.08. The minimum Gasteiger partial charge on any atom is -0.449 e. The van der Waals surface area contributed by atoms with Crippen LogP contribution in [-0.4, -0.2) is 4.92 Å². The molecule has 0 saturated heterocycles. The van der Waals surface area contributed by atoms with Crippen molar-refractivity contribution in [1.82, 2.24) is 0 Å². The first-order valence-corrected chi connectivity index (χ1v) is 7.29. The molecule has 23 heavy (non-hydrogen) atoms. The average molecular weight is 309 g/mol. The lowest BCUT2D eigenvalue weighted by atomic mass is 10.0. The maximum atomic E-state index is 12.6. The highest BCUT2D eigenvalue weighted by molar-refractivity contribution is 5.84. The van der Waals surface area contributed by atoms with Crippen molar-refractivity contribution in [3.05, 3.63) is 74.4 Å². The second-order valence-electron chi connectivity index (χ2n) is 5.64. The van der Waals surface area contributed by atoms with E-state index in [-0.39, 0.29) is 17.1 Å². The van der Waals surface area contributed by atoms with Crippen LogP contribution in [0.5, 0.6) is 0 Å². The van der Waals surface area contributed by atoms with Crippen LogP contribution in [0.15, 0.2) is 57.7 Å². The molecule has 0 bridgehead atoms. The number of fused-ring (bicyclic) bond motifs is 1. The molecular formula is C18H15NO4. The summed E-state index contributed by atoms with van der Waals surface area (Å²) in [7, 11) is 0. The summed E-state index contributed by atoms with van der Waals surface area (Å²) in [6.07, 6.45) is 0. The Morgan fingerprint density at radius 2 is 1.78 bits per heavy atom. The molecule has 0 unspecified atom stereocenters. The van der Waals surface area contributed by atoms with E-state index >= 15 is 0 Å². The van der Waals surface area contributed by atoms with E-state index in [1.54, 1.807) is 42.5 Å². The molecule has 0 atom stereocenters. The average Bonchev–Trinajstić information content (AvgIpc) is 2.54. The first-order chi connectivity index (χ1) is 11.0. The van der Waals surface area contributed by atoms with E-state index in [4.69, 9.17) is 4.42 Å². The third-order valence-corrected chi connectivity index (χ3v) is 3.78. The van der Waals surface area contributed by atoms with Crippen LogP contribution >= 0.6 is 0 Å². The van der Waals surface area contributed by atoms with E-state index in [9.17, 15) is 14.9 Å². The fourth-order valence-corrected chi connectivity index (χ4v) is 2.51. The van der Waals surface area contributed by atoms with Gasteiger partial charge in [-0.05, 0) is 23.6 Å². The highest BCUT2D eigenvalue weighted by Gasteiger charge is 2.25. The normalized spacial score (nSPS) is 11.1. The fraction of sp³-hybridized carbons (Fsp3) is 0.167. The molecule has 1 heterocycles. The Morgan fingerprint density at radius 1 is 1.09 bits per heavy atom. The number of hydrogen-bond donors (Lipinski definition) is 0. The Labute approximate surface area is 132 Å². The van der Waals surface area contributed by atoms with E-state index in [2.05, 4.69) is 0 Å². The molecule has 0 fully saturated rings. The van der Waals surface area contributed by atoms with Crippen LogP contribution in [0.1, 0.15) is 25.3 Å². The topological polar surface area (TPSA) is 73.3 Å². The van der Waals surface area contributed by atoms with Gasteiger partial charge in [-0.15, -0.1) is 0 Å². The van der Waals surface area contributed by atoms with Crippen molar-refractivity contribution in [3.63, 3.8) is 0 Å². The molecule has 5 heteroatoms. The third-order valence-electron chi connectivity index (χ3n) is 3.78. The van der Waals surface area contributed by atoms with E-state index in [0.717, 1.165) is 5.56 Å². The van der Waals surface area contributed by atoms with Gasteiger partial charge in [-0.2, -0.15) is 0 Å². The lowest BCUT2D eigenvalue weighted by Crippen LogP contribution is -2.10. The van der Waals surface area contributed by atoms with Crippen LogP contribution in [0.25, 0.3) is 22.3 Å². The van der Waals surface area contributed by atoms with Gasteiger partial charge in [-0.1, -0.05) is 50.2 Å². The second-order valence-corrected chi connectivity index (χ2v) is 5.64. The van der Waals surface area contributed by atoms with Gasteiger partial charge in [0.2, 0.25) is 5.76 Å². The number of nitrogens with zero attached hydrogens (tertiary/aromatic N) is 1. The number of hydrogen-bond acceptors (Lipinski definition) is 4. The van der Waals surface area contributed by atoms with Gasteiger partial charge in [0.25, 0.3) is 5.43 Å². The smallest absolute Gasteiger partial charge is 0.359 e. The highest BCUT2D eigenvalue weighted by atomic mass is 16.6. The zero-order valence-corrected chi connectivity index (χ0v) is 12.8. The maximum absolute atomic E-state index is 12.6. The molecule has 5 nitrogen and oxygen atoms in total. The first kappa shape index (κ1) is 15.0. The van der Waals surface area contributed by atoms with Gasteiger partial charge < -0.3 is 4.42 Å². The Hall–Kier alpha value is -2.95. The number of nitro groups is 1. The van der Waals surface area contributed by atoms with Gasteiger partial charge in [0.05, 0.1) is 10.3 Å². The summed E-state index contributed by atoms with van der Waals surface area (Å²) in [4.78, 5) is 23.4. The summed E-state index contributed by atoms with van der Waals surface area (Å²) < 4.78 is 5.71. The van der Waals surface area contributed by atoms with Crippen LogP contribution in [0.4, 0.5) is 5.69 Å². The van der Waals surface area contributed by atoms with Crippen LogP contribution in [0, 0.1) is 10.1 Å². The Bertz CT molecular complexity index is 942. The summed E-state index contributed by atoms with van der Waals surface area (Å²) in [5.74, 6) is 0.206. The minimum atomic E-state index is -0.671. The van der Waals surface area contributed by atoms with E-state index in [1.807, 2.05) is 19.9 Å². The molecule has 0 saturated carbocycles. The molecule has 0 N–H and O–H groups in total. The summed E-state index contributed by atoms with van der Waals surface area (Å²) in [5.41, 5.74) is 0.656. The predicted molar refractivity (Wildman–Crippen MR) is 88.7 cm³/mol. The van der Waals surface area contributed by atoms with Gasteiger partial charge in [0.15, 0.2) is 0 Å². The molecule has 0 spiro atoms. The Morgan fingerprint density at radius 3 is 2.39 bits per heavy atom. The molecule has 0 aliphatic heterocycles. The minimum absolute atomic E-state index is 0.00889. The molecule has 0 amide bonds. The van der Waals surface area contributed by atoms with Crippen molar-refractivity contribution in [2.24, 2.45) is 0 Å². The van der Waals surface area contributed by atoms with Crippen LogP contribution in [0.3, 0.4) is 0 Å². The lowest BCUT2D eigenvalue weighted by molar-refractivity contribution is -0.386. The largest absolute Gasteiger partial charge is 0.449 e. The molecule has 0 aliphatic rings.